The third kappa shape index (κ3) is 3.41. The van der Waals surface area contributed by atoms with Crippen LogP contribution in [-0.2, 0) is 0 Å². The van der Waals surface area contributed by atoms with E-state index in [9.17, 15) is 0 Å². The van der Waals surface area contributed by atoms with Crippen LogP contribution >= 0.6 is 11.3 Å². The molecule has 0 radical (unpaired) electrons. The van der Waals surface area contributed by atoms with E-state index in [2.05, 4.69) is 80.2 Å². The van der Waals surface area contributed by atoms with Gasteiger partial charge in [0.15, 0.2) is 0 Å². The van der Waals surface area contributed by atoms with Crippen LogP contribution in [0.2, 0.25) is 0 Å². The summed E-state index contributed by atoms with van der Waals surface area (Å²) in [6.45, 7) is 0. The average Bonchev–Trinajstić information content (AvgIpc) is 3.62. The maximum absolute atomic E-state index is 5.04. The fourth-order valence-electron chi connectivity index (χ4n) is 5.99. The summed E-state index contributed by atoms with van der Waals surface area (Å²) in [5, 5.41) is 4.81. The predicted octanol–water partition coefficient (Wildman–Crippen LogP) is 8.61. The van der Waals surface area contributed by atoms with Gasteiger partial charge in [-0.15, -0.1) is 11.3 Å². The van der Waals surface area contributed by atoms with Crippen molar-refractivity contribution in [2.75, 3.05) is 0 Å². The van der Waals surface area contributed by atoms with Crippen LogP contribution in [0, 0.1) is 0 Å². The molecule has 0 aliphatic carbocycles. The molecule has 9 rings (SSSR count). The molecule has 0 bridgehead atoms. The summed E-state index contributed by atoms with van der Waals surface area (Å²) in [6, 6.07) is 33.4. The van der Waals surface area contributed by atoms with E-state index in [-0.39, 0.29) is 0 Å². The maximum atomic E-state index is 5.04. The highest BCUT2D eigenvalue weighted by molar-refractivity contribution is 7.26. The van der Waals surface area contributed by atoms with E-state index in [0.717, 1.165) is 55.9 Å². The highest BCUT2D eigenvalue weighted by Crippen LogP contribution is 2.44. The molecule has 6 heterocycles. The Bertz CT molecular complexity index is 2410. The SMILES string of the molecule is c1ccc(-c2cc(-n3c4c(ccc5nccnc54)c4ccc5c6ccccc6sc5c43)cc(-c3ccccn3)n2)nc1. The van der Waals surface area contributed by atoms with E-state index in [4.69, 9.17) is 9.97 Å². The molecule has 0 atom stereocenters. The van der Waals surface area contributed by atoms with Gasteiger partial charge in [-0.1, -0.05) is 42.5 Å². The lowest BCUT2D eigenvalue weighted by molar-refractivity contribution is 1.14. The molecule has 0 saturated heterocycles. The van der Waals surface area contributed by atoms with Crippen LogP contribution in [0.5, 0.6) is 0 Å². The molecule has 0 fully saturated rings. The summed E-state index contributed by atoms with van der Waals surface area (Å²) in [6.07, 6.45) is 7.11. The Hall–Kier alpha value is -5.53. The number of rotatable bonds is 3. The molecular formula is C35H20N6S. The molecule has 0 N–H and O–H groups in total. The van der Waals surface area contributed by atoms with Crippen LogP contribution in [0.15, 0.2) is 122 Å². The minimum absolute atomic E-state index is 0.776. The quantitative estimate of drug-likeness (QED) is 0.218. The van der Waals surface area contributed by atoms with Gasteiger partial charge in [-0.3, -0.25) is 19.9 Å². The van der Waals surface area contributed by atoms with Crippen molar-refractivity contribution in [3.63, 3.8) is 0 Å². The summed E-state index contributed by atoms with van der Waals surface area (Å²) >= 11 is 1.82. The molecule has 42 heavy (non-hydrogen) atoms. The maximum Gasteiger partial charge on any atom is 0.113 e. The second-order valence-corrected chi connectivity index (χ2v) is 11.2. The van der Waals surface area contributed by atoms with Crippen LogP contribution in [0.4, 0.5) is 0 Å². The molecule has 7 heteroatoms. The smallest absolute Gasteiger partial charge is 0.113 e. The molecule has 6 aromatic heterocycles. The Balaban J connectivity index is 1.49. The highest BCUT2D eigenvalue weighted by atomic mass is 32.1. The van der Waals surface area contributed by atoms with Crippen LogP contribution in [0.25, 0.3) is 81.5 Å². The fraction of sp³-hybridized carbons (Fsp3) is 0. The molecule has 0 amide bonds. The Morgan fingerprint density at radius 1 is 0.500 bits per heavy atom. The van der Waals surface area contributed by atoms with Crippen molar-refractivity contribution in [1.82, 2.24) is 29.5 Å². The molecule has 0 aliphatic heterocycles. The van der Waals surface area contributed by atoms with Crippen molar-refractivity contribution in [1.29, 1.82) is 0 Å². The lowest BCUT2D eigenvalue weighted by atomic mass is 10.1. The highest BCUT2D eigenvalue weighted by Gasteiger charge is 2.21. The zero-order valence-electron chi connectivity index (χ0n) is 22.1. The van der Waals surface area contributed by atoms with Crippen LogP contribution in [0.3, 0.4) is 0 Å². The van der Waals surface area contributed by atoms with Crippen molar-refractivity contribution in [3.05, 3.63) is 122 Å². The Morgan fingerprint density at radius 2 is 1.17 bits per heavy atom. The van der Waals surface area contributed by atoms with Gasteiger partial charge in [0.25, 0.3) is 0 Å². The van der Waals surface area contributed by atoms with E-state index < -0.39 is 0 Å². The van der Waals surface area contributed by atoms with Gasteiger partial charge in [-0.05, 0) is 54.6 Å². The van der Waals surface area contributed by atoms with Crippen molar-refractivity contribution in [2.45, 2.75) is 0 Å². The minimum Gasteiger partial charge on any atom is -0.305 e. The first-order valence-electron chi connectivity index (χ1n) is 13.7. The topological polar surface area (TPSA) is 69.4 Å². The average molecular weight is 557 g/mol. The first-order valence-corrected chi connectivity index (χ1v) is 14.5. The number of pyridine rings is 3. The second kappa shape index (κ2) is 8.99. The van der Waals surface area contributed by atoms with Crippen LogP contribution < -0.4 is 0 Å². The molecule has 6 nitrogen and oxygen atoms in total. The van der Waals surface area contributed by atoms with Crippen molar-refractivity contribution in [3.8, 4) is 28.5 Å². The van der Waals surface area contributed by atoms with E-state index >= 15 is 0 Å². The molecule has 0 saturated carbocycles. The third-order valence-electron chi connectivity index (χ3n) is 7.79. The van der Waals surface area contributed by atoms with Gasteiger partial charge in [-0.2, -0.15) is 0 Å². The lowest BCUT2D eigenvalue weighted by Crippen LogP contribution is -2.00. The van der Waals surface area contributed by atoms with E-state index in [1.807, 2.05) is 47.7 Å². The van der Waals surface area contributed by atoms with Crippen molar-refractivity contribution >= 4 is 64.3 Å². The molecule has 196 valence electrons. The lowest BCUT2D eigenvalue weighted by Gasteiger charge is -2.13. The standard InChI is InChI=1S/C35H20N6S/c1-2-10-31-22(7-1)25-12-11-24-23-13-14-28-32(39-18-17-38-28)33(23)41(34(24)35(25)42-31)21-19-29(26-8-3-5-15-36-26)40-30(20-21)27-9-4-6-16-37-27/h1-20H. The first kappa shape index (κ1) is 23.2. The second-order valence-electron chi connectivity index (χ2n) is 10.2. The summed E-state index contributed by atoms with van der Waals surface area (Å²) in [5.74, 6) is 0. The van der Waals surface area contributed by atoms with Gasteiger partial charge >= 0.3 is 0 Å². The van der Waals surface area contributed by atoms with E-state index in [0.29, 0.717) is 0 Å². The summed E-state index contributed by atoms with van der Waals surface area (Å²) in [5.41, 5.74) is 7.99. The summed E-state index contributed by atoms with van der Waals surface area (Å²) in [7, 11) is 0. The molecule has 0 spiro atoms. The predicted molar refractivity (Wildman–Crippen MR) is 171 cm³/mol. The fourth-order valence-corrected chi connectivity index (χ4v) is 7.23. The molecule has 0 unspecified atom stereocenters. The Kier molecular flexibility index (Phi) is 4.97. The van der Waals surface area contributed by atoms with Crippen LogP contribution in [-0.4, -0.2) is 29.5 Å². The molecular weight excluding hydrogens is 536 g/mol. The van der Waals surface area contributed by atoms with Gasteiger partial charge in [-0.25, -0.2) is 4.98 Å². The number of hydrogen-bond donors (Lipinski definition) is 0. The van der Waals surface area contributed by atoms with Crippen LogP contribution in [0.1, 0.15) is 0 Å². The number of thiophene rings is 1. The van der Waals surface area contributed by atoms with Gasteiger partial charge in [0.2, 0.25) is 0 Å². The Labute approximate surface area is 243 Å². The van der Waals surface area contributed by atoms with E-state index in [1.54, 1.807) is 24.8 Å². The number of nitrogens with zero attached hydrogens (tertiary/aromatic N) is 6. The van der Waals surface area contributed by atoms with Crippen molar-refractivity contribution < 1.29 is 0 Å². The molecule has 3 aromatic carbocycles. The summed E-state index contributed by atoms with van der Waals surface area (Å²) in [4.78, 5) is 23.8. The summed E-state index contributed by atoms with van der Waals surface area (Å²) < 4.78 is 4.84. The van der Waals surface area contributed by atoms with Crippen molar-refractivity contribution in [2.24, 2.45) is 0 Å². The van der Waals surface area contributed by atoms with Gasteiger partial charge < -0.3 is 4.57 Å². The van der Waals surface area contributed by atoms with Gasteiger partial charge in [0, 0.05) is 51.0 Å². The molecule has 0 aliphatic rings. The number of fused-ring (bicyclic) bond motifs is 9. The first-order chi connectivity index (χ1) is 20.8. The van der Waals surface area contributed by atoms with Gasteiger partial charge in [0.1, 0.15) is 5.52 Å². The van der Waals surface area contributed by atoms with Gasteiger partial charge in [0.05, 0.1) is 49.7 Å². The number of hydrogen-bond acceptors (Lipinski definition) is 6. The monoisotopic (exact) mass is 556 g/mol. The normalized spacial score (nSPS) is 11.8. The zero-order valence-corrected chi connectivity index (χ0v) is 23.0. The largest absolute Gasteiger partial charge is 0.305 e. The number of aromatic nitrogens is 6. The zero-order chi connectivity index (χ0) is 27.6. The molecule has 9 aromatic rings. The van der Waals surface area contributed by atoms with E-state index in [1.165, 1.54) is 25.6 Å². The third-order valence-corrected chi connectivity index (χ3v) is 8.99. The number of benzene rings is 3. The Morgan fingerprint density at radius 3 is 1.93 bits per heavy atom. The minimum atomic E-state index is 0.776.